The molecule has 0 amide bonds. The van der Waals surface area contributed by atoms with Crippen molar-refractivity contribution in [1.82, 2.24) is 9.55 Å². The standard InChI is InChI=1S/C26H49N3O3Si2/c1-10-22-13-15-28(16-14-22)24-25(30)29(21-31-18-19-33(5,6)7)20-23(27-24)12-11-17-32-34(8,9)26(2,3)4/h10,20,22H,1,11-19,21H2,2-9H3. The van der Waals surface area contributed by atoms with Crippen LogP contribution in [0.15, 0.2) is 23.6 Å². The lowest BCUT2D eigenvalue weighted by atomic mass is 9.97. The summed E-state index contributed by atoms with van der Waals surface area (Å²) in [5.41, 5.74) is 0.888. The minimum atomic E-state index is -1.76. The zero-order valence-electron chi connectivity index (χ0n) is 23.1. The van der Waals surface area contributed by atoms with E-state index in [9.17, 15) is 4.79 Å². The minimum absolute atomic E-state index is 0.0497. The van der Waals surface area contributed by atoms with Gasteiger partial charge in [-0.2, -0.15) is 0 Å². The molecule has 2 rings (SSSR count). The summed E-state index contributed by atoms with van der Waals surface area (Å²) < 4.78 is 14.0. The van der Waals surface area contributed by atoms with E-state index in [-0.39, 0.29) is 17.3 Å². The van der Waals surface area contributed by atoms with Crippen LogP contribution in [0.2, 0.25) is 43.8 Å². The molecular weight excluding hydrogens is 458 g/mol. The lowest BCUT2D eigenvalue weighted by Crippen LogP contribution is -2.41. The van der Waals surface area contributed by atoms with Crippen LogP contribution in [0, 0.1) is 5.92 Å². The maximum atomic E-state index is 13.3. The molecule has 0 aliphatic carbocycles. The minimum Gasteiger partial charge on any atom is -0.417 e. The van der Waals surface area contributed by atoms with Crippen molar-refractivity contribution in [2.24, 2.45) is 5.92 Å². The topological polar surface area (TPSA) is 56.6 Å². The Kier molecular flexibility index (Phi) is 10.4. The second kappa shape index (κ2) is 12.1. The van der Waals surface area contributed by atoms with Gasteiger partial charge in [-0.05, 0) is 55.8 Å². The average molecular weight is 508 g/mol. The molecule has 0 aromatic carbocycles. The van der Waals surface area contributed by atoms with E-state index < -0.39 is 16.4 Å². The Morgan fingerprint density at radius 3 is 2.35 bits per heavy atom. The van der Waals surface area contributed by atoms with Crippen molar-refractivity contribution in [3.63, 3.8) is 0 Å². The fraction of sp³-hybridized carbons (Fsp3) is 0.769. The summed E-state index contributed by atoms with van der Waals surface area (Å²) in [6.07, 6.45) is 7.65. The number of hydrogen-bond acceptors (Lipinski definition) is 5. The van der Waals surface area contributed by atoms with Gasteiger partial charge in [-0.15, -0.1) is 6.58 Å². The van der Waals surface area contributed by atoms with E-state index in [2.05, 4.69) is 65.0 Å². The number of anilines is 1. The Morgan fingerprint density at radius 2 is 1.79 bits per heavy atom. The van der Waals surface area contributed by atoms with Crippen LogP contribution in [0.1, 0.15) is 45.7 Å². The van der Waals surface area contributed by atoms with E-state index in [1.165, 1.54) is 0 Å². The van der Waals surface area contributed by atoms with E-state index in [0.29, 0.717) is 18.3 Å². The Hall–Kier alpha value is -1.23. The highest BCUT2D eigenvalue weighted by Gasteiger charge is 2.36. The molecule has 0 N–H and O–H groups in total. The quantitative estimate of drug-likeness (QED) is 0.200. The Labute approximate surface area is 209 Å². The zero-order chi connectivity index (χ0) is 25.6. The van der Waals surface area contributed by atoms with Gasteiger partial charge in [0.2, 0.25) is 0 Å². The SMILES string of the molecule is C=CC1CCN(c2nc(CCCO[Si](C)(C)C(C)(C)C)cn(COCC[Si](C)(C)C)c2=O)CC1. The summed E-state index contributed by atoms with van der Waals surface area (Å²) in [5, 5.41) is 0.205. The molecule has 0 bridgehead atoms. The highest BCUT2D eigenvalue weighted by Crippen LogP contribution is 2.36. The predicted molar refractivity (Wildman–Crippen MR) is 149 cm³/mol. The number of nitrogens with zero attached hydrogens (tertiary/aromatic N) is 3. The number of piperidine rings is 1. The molecule has 194 valence electrons. The third kappa shape index (κ3) is 8.77. The van der Waals surface area contributed by atoms with E-state index in [4.69, 9.17) is 14.1 Å². The zero-order valence-corrected chi connectivity index (χ0v) is 25.1. The number of allylic oxidation sites excluding steroid dienone is 1. The molecule has 6 nitrogen and oxygen atoms in total. The molecule has 1 aromatic heterocycles. The number of rotatable bonds is 12. The van der Waals surface area contributed by atoms with Crippen LogP contribution in [0.4, 0.5) is 5.82 Å². The normalized spacial score (nSPS) is 16.2. The van der Waals surface area contributed by atoms with Crippen molar-refractivity contribution >= 4 is 22.2 Å². The first-order valence-electron chi connectivity index (χ1n) is 12.9. The molecule has 0 unspecified atom stereocenters. The van der Waals surface area contributed by atoms with Crippen molar-refractivity contribution in [2.75, 3.05) is 31.2 Å². The van der Waals surface area contributed by atoms with Crippen LogP contribution >= 0.6 is 0 Å². The monoisotopic (exact) mass is 507 g/mol. The molecule has 0 saturated carbocycles. The van der Waals surface area contributed by atoms with Gasteiger partial charge >= 0.3 is 0 Å². The molecule has 1 aromatic rings. The maximum absolute atomic E-state index is 13.3. The van der Waals surface area contributed by atoms with Crippen LogP contribution in [0.3, 0.4) is 0 Å². The summed E-state index contributed by atoms with van der Waals surface area (Å²) in [6.45, 7) is 25.7. The first kappa shape index (κ1) is 29.0. The average Bonchev–Trinajstić information content (AvgIpc) is 2.74. The van der Waals surface area contributed by atoms with E-state index in [0.717, 1.165) is 57.1 Å². The molecule has 0 radical (unpaired) electrons. The largest absolute Gasteiger partial charge is 0.417 e. The molecule has 0 atom stereocenters. The van der Waals surface area contributed by atoms with Crippen LogP contribution in [-0.4, -0.2) is 52.2 Å². The number of ether oxygens (including phenoxy) is 1. The first-order chi connectivity index (χ1) is 15.7. The van der Waals surface area contributed by atoms with Crippen molar-refractivity contribution < 1.29 is 9.16 Å². The van der Waals surface area contributed by atoms with Crippen molar-refractivity contribution in [3.8, 4) is 0 Å². The number of hydrogen-bond donors (Lipinski definition) is 0. The Morgan fingerprint density at radius 1 is 1.15 bits per heavy atom. The summed E-state index contributed by atoms with van der Waals surface area (Å²) in [4.78, 5) is 20.3. The van der Waals surface area contributed by atoms with Gasteiger partial charge in [-0.1, -0.05) is 46.5 Å². The van der Waals surface area contributed by atoms with Gasteiger partial charge in [0.1, 0.15) is 6.73 Å². The highest BCUT2D eigenvalue weighted by atomic mass is 28.4. The Balaban J connectivity index is 2.12. The van der Waals surface area contributed by atoms with Gasteiger partial charge in [0.05, 0.1) is 5.69 Å². The fourth-order valence-electron chi connectivity index (χ4n) is 3.69. The molecule has 0 spiro atoms. The second-order valence-corrected chi connectivity index (χ2v) is 22.9. The van der Waals surface area contributed by atoms with Crippen LogP contribution in [0.5, 0.6) is 0 Å². The predicted octanol–water partition coefficient (Wildman–Crippen LogP) is 5.91. The Bertz CT molecular complexity index is 848. The van der Waals surface area contributed by atoms with Gasteiger partial charge in [0.15, 0.2) is 14.1 Å². The maximum Gasteiger partial charge on any atom is 0.295 e. The first-order valence-corrected chi connectivity index (χ1v) is 19.5. The summed E-state index contributed by atoms with van der Waals surface area (Å²) in [7, 11) is -2.93. The van der Waals surface area contributed by atoms with Crippen molar-refractivity contribution in [1.29, 1.82) is 0 Å². The molecule has 1 saturated heterocycles. The molecule has 8 heteroatoms. The van der Waals surface area contributed by atoms with E-state index in [1.807, 2.05) is 12.3 Å². The lowest BCUT2D eigenvalue weighted by Gasteiger charge is -2.36. The third-order valence-corrected chi connectivity index (χ3v) is 13.5. The molecule has 2 heterocycles. The van der Waals surface area contributed by atoms with Gasteiger partial charge in [0.25, 0.3) is 5.56 Å². The summed E-state index contributed by atoms with van der Waals surface area (Å²) >= 11 is 0. The molecule has 1 fully saturated rings. The van der Waals surface area contributed by atoms with Gasteiger partial charge in [-0.25, -0.2) is 4.98 Å². The smallest absolute Gasteiger partial charge is 0.295 e. The molecule has 1 aliphatic rings. The van der Waals surface area contributed by atoms with Crippen LogP contribution in [-0.2, 0) is 22.3 Å². The second-order valence-electron chi connectivity index (χ2n) is 12.5. The van der Waals surface area contributed by atoms with Gasteiger partial charge in [0, 0.05) is 40.6 Å². The van der Waals surface area contributed by atoms with Crippen LogP contribution < -0.4 is 10.5 Å². The third-order valence-electron chi connectivity index (χ3n) is 7.25. The van der Waals surface area contributed by atoms with E-state index in [1.54, 1.807) is 4.57 Å². The molecule has 34 heavy (non-hydrogen) atoms. The molecule has 1 aliphatic heterocycles. The van der Waals surface area contributed by atoms with Gasteiger partial charge < -0.3 is 14.1 Å². The van der Waals surface area contributed by atoms with Crippen molar-refractivity contribution in [3.05, 3.63) is 34.9 Å². The number of aryl methyl sites for hydroxylation is 1. The highest BCUT2D eigenvalue weighted by molar-refractivity contribution is 6.76. The van der Waals surface area contributed by atoms with Crippen LogP contribution in [0.25, 0.3) is 0 Å². The summed E-state index contributed by atoms with van der Waals surface area (Å²) in [6, 6.07) is 1.09. The van der Waals surface area contributed by atoms with E-state index >= 15 is 0 Å². The van der Waals surface area contributed by atoms with Crippen molar-refractivity contribution in [2.45, 2.75) is 97.0 Å². The lowest BCUT2D eigenvalue weighted by molar-refractivity contribution is 0.0844. The fourth-order valence-corrected chi connectivity index (χ4v) is 5.53. The summed E-state index contributed by atoms with van der Waals surface area (Å²) in [5.74, 6) is 1.10. The van der Waals surface area contributed by atoms with Gasteiger partial charge in [-0.3, -0.25) is 9.36 Å². The number of aromatic nitrogens is 2. The molecular formula is C26H49N3O3Si2.